The fraction of sp³-hybridized carbons (Fsp3) is 0.100. The van der Waals surface area contributed by atoms with E-state index in [9.17, 15) is 9.32 Å². The van der Waals surface area contributed by atoms with Crippen LogP contribution in [0.3, 0.4) is 0 Å². The van der Waals surface area contributed by atoms with Crippen molar-refractivity contribution < 1.29 is 9.32 Å². The molecule has 3 aromatic carbocycles. The molecule has 0 radical (unpaired) electrons. The lowest BCUT2D eigenvalue weighted by molar-refractivity contribution is 0.106. The monoisotopic (exact) mass is 468 g/mol. The Kier molecular flexibility index (Phi) is 6.21. The largest absolute Gasteiger partial charge is 0.379 e. The second kappa shape index (κ2) is 8.24. The lowest BCUT2D eigenvalue weighted by atomic mass is 9.88. The van der Waals surface area contributed by atoms with E-state index in [0.717, 1.165) is 4.47 Å². The molecule has 1 atom stereocenters. The van der Waals surface area contributed by atoms with Gasteiger partial charge in [0.05, 0.1) is 16.6 Å². The van der Waals surface area contributed by atoms with E-state index in [0.29, 0.717) is 26.1 Å². The van der Waals surface area contributed by atoms with Gasteiger partial charge in [-0.1, -0.05) is 63.4 Å². The van der Waals surface area contributed by atoms with E-state index in [-0.39, 0.29) is 5.75 Å². The summed E-state index contributed by atoms with van der Waals surface area (Å²) in [5.74, 6) is 0.0118. The topological polar surface area (TPSA) is 37.3 Å². The first-order chi connectivity index (χ1) is 12.4. The molecule has 0 saturated carbocycles. The van der Waals surface area contributed by atoms with Gasteiger partial charge in [-0.2, -0.15) is 0 Å². The number of aliphatic hydroxyl groups is 1. The summed E-state index contributed by atoms with van der Waals surface area (Å²) in [6.07, 6.45) is 0. The normalized spacial score (nSPS) is 12.8. The minimum atomic E-state index is -1.44. The zero-order chi connectivity index (χ0) is 18.7. The minimum Gasteiger partial charge on any atom is -0.379 e. The Hall–Kier alpha value is -1.17. The first kappa shape index (κ1) is 19.6. The van der Waals surface area contributed by atoms with Crippen LogP contribution in [-0.2, 0) is 16.4 Å². The summed E-state index contributed by atoms with van der Waals surface area (Å²) in [7, 11) is -1.41. The van der Waals surface area contributed by atoms with E-state index < -0.39 is 16.4 Å². The summed E-state index contributed by atoms with van der Waals surface area (Å²) in [6, 6.07) is 21.0. The van der Waals surface area contributed by atoms with Gasteiger partial charge in [0.25, 0.3) is 0 Å². The summed E-state index contributed by atoms with van der Waals surface area (Å²) in [6.45, 7) is 0. The number of rotatable bonds is 5. The van der Waals surface area contributed by atoms with Crippen LogP contribution < -0.4 is 0 Å². The summed E-state index contributed by atoms with van der Waals surface area (Å²) in [5, 5.41) is 12.7. The van der Waals surface area contributed by atoms with Crippen molar-refractivity contribution in [3.05, 3.63) is 98.4 Å². The number of halogens is 3. The summed E-state index contributed by atoms with van der Waals surface area (Å²) >= 11 is 15.3. The predicted octanol–water partition coefficient (Wildman–Crippen LogP) is 5.80. The molecule has 0 aromatic heterocycles. The molecule has 0 bridgehead atoms. The third-order valence-corrected chi connectivity index (χ3v) is 6.57. The van der Waals surface area contributed by atoms with Gasteiger partial charge in [-0.3, -0.25) is 4.21 Å². The first-order valence-corrected chi connectivity index (χ1v) is 10.6. The standard InChI is InChI=1S/C20H15BrCl2O2S/c21-16-5-11-19(12-6-16)26(25)13-20(24,14-1-7-17(22)8-2-14)15-3-9-18(23)10-4-15/h1-12,24H,13H2/t26-/m0/s1. The molecule has 0 spiro atoms. The fourth-order valence-corrected chi connectivity index (χ4v) is 4.48. The maximum absolute atomic E-state index is 12.9. The zero-order valence-corrected chi connectivity index (χ0v) is 17.4. The Morgan fingerprint density at radius 2 is 1.23 bits per heavy atom. The van der Waals surface area contributed by atoms with Crippen molar-refractivity contribution in [2.45, 2.75) is 10.5 Å². The Morgan fingerprint density at radius 3 is 1.65 bits per heavy atom. The molecular formula is C20H15BrCl2O2S. The zero-order valence-electron chi connectivity index (χ0n) is 13.5. The lowest BCUT2D eigenvalue weighted by Gasteiger charge is -2.29. The summed E-state index contributed by atoms with van der Waals surface area (Å²) in [5.41, 5.74) is -0.197. The molecule has 0 fully saturated rings. The maximum Gasteiger partial charge on any atom is 0.126 e. The molecule has 0 saturated heterocycles. The average molecular weight is 470 g/mol. The second-order valence-electron chi connectivity index (χ2n) is 5.82. The molecule has 0 heterocycles. The van der Waals surface area contributed by atoms with Crippen LogP contribution in [0.4, 0.5) is 0 Å². The van der Waals surface area contributed by atoms with Crippen LogP contribution in [0.5, 0.6) is 0 Å². The van der Waals surface area contributed by atoms with E-state index in [2.05, 4.69) is 15.9 Å². The van der Waals surface area contributed by atoms with E-state index >= 15 is 0 Å². The van der Waals surface area contributed by atoms with E-state index in [4.69, 9.17) is 23.2 Å². The van der Waals surface area contributed by atoms with Crippen LogP contribution in [0.25, 0.3) is 0 Å². The van der Waals surface area contributed by atoms with Crippen molar-refractivity contribution in [3.8, 4) is 0 Å². The SMILES string of the molecule is O=[S@@](CC(O)(c1ccc(Cl)cc1)c1ccc(Cl)cc1)c1ccc(Br)cc1. The third-order valence-electron chi connectivity index (χ3n) is 4.06. The molecule has 26 heavy (non-hydrogen) atoms. The molecule has 6 heteroatoms. The summed E-state index contributed by atoms with van der Waals surface area (Å²) < 4.78 is 13.8. The molecule has 2 nitrogen and oxygen atoms in total. The van der Waals surface area contributed by atoms with Gasteiger partial charge >= 0.3 is 0 Å². The lowest BCUT2D eigenvalue weighted by Crippen LogP contribution is -2.33. The highest BCUT2D eigenvalue weighted by atomic mass is 79.9. The van der Waals surface area contributed by atoms with E-state index in [1.807, 2.05) is 12.1 Å². The molecule has 134 valence electrons. The molecule has 3 aromatic rings. The van der Waals surface area contributed by atoms with Crippen LogP contribution >= 0.6 is 39.1 Å². The van der Waals surface area contributed by atoms with Crippen LogP contribution in [0.2, 0.25) is 10.0 Å². The quantitative estimate of drug-likeness (QED) is 0.512. The number of benzene rings is 3. The van der Waals surface area contributed by atoms with Crippen molar-refractivity contribution in [2.75, 3.05) is 5.75 Å². The van der Waals surface area contributed by atoms with Gasteiger partial charge in [0.15, 0.2) is 0 Å². The number of hydrogen-bond donors (Lipinski definition) is 1. The van der Waals surface area contributed by atoms with Crippen molar-refractivity contribution >= 4 is 49.9 Å². The Labute approximate surface area is 173 Å². The first-order valence-electron chi connectivity index (χ1n) is 7.77. The highest BCUT2D eigenvalue weighted by molar-refractivity contribution is 9.10. The van der Waals surface area contributed by atoms with Crippen molar-refractivity contribution in [1.82, 2.24) is 0 Å². The molecular weight excluding hydrogens is 455 g/mol. The van der Waals surface area contributed by atoms with Crippen LogP contribution in [0.15, 0.2) is 82.2 Å². The molecule has 0 amide bonds. The third kappa shape index (κ3) is 4.38. The van der Waals surface area contributed by atoms with Crippen LogP contribution in [0, 0.1) is 0 Å². The fourth-order valence-electron chi connectivity index (χ4n) is 2.64. The van der Waals surface area contributed by atoms with E-state index in [1.165, 1.54) is 0 Å². The van der Waals surface area contributed by atoms with Gasteiger partial charge in [-0.15, -0.1) is 0 Å². The molecule has 0 aliphatic carbocycles. The van der Waals surface area contributed by atoms with Crippen molar-refractivity contribution in [3.63, 3.8) is 0 Å². The molecule has 0 unspecified atom stereocenters. The van der Waals surface area contributed by atoms with Gasteiger partial charge in [0.2, 0.25) is 0 Å². The van der Waals surface area contributed by atoms with E-state index in [1.54, 1.807) is 60.7 Å². The maximum atomic E-state index is 12.9. The van der Waals surface area contributed by atoms with Gasteiger partial charge in [0, 0.05) is 19.4 Å². The average Bonchev–Trinajstić information content (AvgIpc) is 2.63. The minimum absolute atomic E-state index is 0.0118. The Bertz CT molecular complexity index is 865. The number of hydrogen-bond acceptors (Lipinski definition) is 2. The Morgan fingerprint density at radius 1 is 0.808 bits per heavy atom. The van der Waals surface area contributed by atoms with Crippen molar-refractivity contribution in [2.24, 2.45) is 0 Å². The molecule has 0 aliphatic heterocycles. The van der Waals surface area contributed by atoms with Gasteiger partial charge in [-0.25, -0.2) is 0 Å². The molecule has 1 N–H and O–H groups in total. The highest BCUT2D eigenvalue weighted by Crippen LogP contribution is 2.33. The van der Waals surface area contributed by atoms with Gasteiger partial charge < -0.3 is 5.11 Å². The Balaban J connectivity index is 2.02. The van der Waals surface area contributed by atoms with Crippen LogP contribution in [-0.4, -0.2) is 15.1 Å². The molecule has 0 aliphatic rings. The molecule has 3 rings (SSSR count). The van der Waals surface area contributed by atoms with Gasteiger partial charge in [-0.05, 0) is 59.7 Å². The van der Waals surface area contributed by atoms with Crippen LogP contribution in [0.1, 0.15) is 11.1 Å². The summed E-state index contributed by atoms with van der Waals surface area (Å²) in [4.78, 5) is 0.648. The second-order valence-corrected chi connectivity index (χ2v) is 9.06. The highest BCUT2D eigenvalue weighted by Gasteiger charge is 2.34. The predicted molar refractivity (Wildman–Crippen MR) is 111 cm³/mol. The van der Waals surface area contributed by atoms with Gasteiger partial charge in [0.1, 0.15) is 5.60 Å². The van der Waals surface area contributed by atoms with Crippen molar-refractivity contribution in [1.29, 1.82) is 0 Å². The smallest absolute Gasteiger partial charge is 0.126 e.